The van der Waals surface area contributed by atoms with Gasteiger partial charge in [0.15, 0.2) is 6.61 Å². The molecule has 0 saturated heterocycles. The van der Waals surface area contributed by atoms with E-state index >= 15 is 0 Å². The van der Waals surface area contributed by atoms with Crippen molar-refractivity contribution in [1.82, 2.24) is 9.78 Å². The number of esters is 1. The van der Waals surface area contributed by atoms with Crippen LogP contribution in [0.2, 0.25) is 5.02 Å². The van der Waals surface area contributed by atoms with Crippen molar-refractivity contribution in [2.75, 3.05) is 18.1 Å². The number of anilines is 1. The normalized spacial score (nSPS) is 10.7. The summed E-state index contributed by atoms with van der Waals surface area (Å²) in [5, 5.41) is 14.9. The van der Waals surface area contributed by atoms with Crippen molar-refractivity contribution in [2.45, 2.75) is 13.3 Å². The van der Waals surface area contributed by atoms with Crippen molar-refractivity contribution in [3.8, 4) is 11.8 Å². The van der Waals surface area contributed by atoms with Gasteiger partial charge >= 0.3 is 5.97 Å². The molecule has 4 aromatic rings. The van der Waals surface area contributed by atoms with Crippen molar-refractivity contribution in [2.24, 2.45) is 0 Å². The van der Waals surface area contributed by atoms with E-state index in [1.165, 1.54) is 16.2 Å². The Bertz CT molecular complexity index is 1360. The number of rotatable bonds is 7. The van der Waals surface area contributed by atoms with Crippen LogP contribution in [0.4, 0.5) is 5.69 Å². The summed E-state index contributed by atoms with van der Waals surface area (Å²) in [6.07, 6.45) is 0.171. The van der Waals surface area contributed by atoms with Crippen molar-refractivity contribution < 1.29 is 14.3 Å². The summed E-state index contributed by atoms with van der Waals surface area (Å²) in [5.74, 6) is -0.984. The molecular weight excluding hydrogens is 460 g/mol. The molecule has 7 nitrogen and oxygen atoms in total. The third-order valence-electron chi connectivity index (χ3n) is 4.94. The number of ether oxygens (including phenoxy) is 1. The molecule has 2 aromatic heterocycles. The number of carbonyl (C=O) groups is 2. The molecule has 0 saturated carbocycles. The molecule has 1 amide bonds. The van der Waals surface area contributed by atoms with Crippen molar-refractivity contribution >= 4 is 50.7 Å². The molecule has 0 atom stereocenters. The van der Waals surface area contributed by atoms with E-state index in [1.807, 2.05) is 31.2 Å². The van der Waals surface area contributed by atoms with E-state index in [-0.39, 0.29) is 13.0 Å². The molecule has 2 heterocycles. The minimum Gasteiger partial charge on any atom is -0.451 e. The van der Waals surface area contributed by atoms with E-state index < -0.39 is 18.5 Å². The Morgan fingerprint density at radius 2 is 1.97 bits per heavy atom. The van der Waals surface area contributed by atoms with Gasteiger partial charge in [-0.05, 0) is 43.3 Å². The monoisotopic (exact) mass is 478 g/mol. The molecular formula is C24H19ClN4O3S. The number of aryl methyl sites for hydroxylation is 1. The predicted octanol–water partition coefficient (Wildman–Crippen LogP) is 5.15. The van der Waals surface area contributed by atoms with Gasteiger partial charge in [-0.3, -0.25) is 4.79 Å². The fourth-order valence-electron chi connectivity index (χ4n) is 3.37. The smallest absolute Gasteiger partial charge is 0.348 e. The second kappa shape index (κ2) is 9.86. The lowest BCUT2D eigenvalue weighted by Crippen LogP contribution is -2.35. The number of halogens is 1. The van der Waals surface area contributed by atoms with Gasteiger partial charge in [-0.25, -0.2) is 9.48 Å². The standard InChI is InChI=1S/C24H19ClN4O3S/c1-16-20-14-21(33-23(20)29(27-16)19-10-5-7-17(25)13-19)24(31)32-15-22(30)28(12-6-11-26)18-8-3-2-4-9-18/h2-5,7-10,13-14H,6,12,15H2,1H3. The van der Waals surface area contributed by atoms with E-state index in [9.17, 15) is 9.59 Å². The number of hydrogen-bond acceptors (Lipinski definition) is 6. The van der Waals surface area contributed by atoms with E-state index in [4.69, 9.17) is 21.6 Å². The van der Waals surface area contributed by atoms with Gasteiger partial charge < -0.3 is 9.64 Å². The first-order valence-corrected chi connectivity index (χ1v) is 11.3. The van der Waals surface area contributed by atoms with E-state index in [1.54, 1.807) is 47.1 Å². The molecule has 4 rings (SSSR count). The summed E-state index contributed by atoms with van der Waals surface area (Å²) in [7, 11) is 0. The van der Waals surface area contributed by atoms with Gasteiger partial charge in [0.25, 0.3) is 5.91 Å². The summed E-state index contributed by atoms with van der Waals surface area (Å²) in [6, 6.07) is 20.0. The summed E-state index contributed by atoms with van der Waals surface area (Å²) in [5.41, 5.74) is 2.20. The predicted molar refractivity (Wildman–Crippen MR) is 128 cm³/mol. The zero-order chi connectivity index (χ0) is 23.4. The first kappa shape index (κ1) is 22.5. The number of nitriles is 1. The highest BCUT2D eigenvalue weighted by Gasteiger charge is 2.21. The quantitative estimate of drug-likeness (QED) is 0.342. The van der Waals surface area contributed by atoms with Gasteiger partial charge in [-0.1, -0.05) is 35.9 Å². The highest BCUT2D eigenvalue weighted by Crippen LogP contribution is 2.31. The van der Waals surface area contributed by atoms with Crippen LogP contribution in [0.3, 0.4) is 0 Å². The van der Waals surface area contributed by atoms with Crippen molar-refractivity contribution in [3.05, 3.63) is 76.3 Å². The summed E-state index contributed by atoms with van der Waals surface area (Å²) >= 11 is 7.35. The largest absolute Gasteiger partial charge is 0.451 e. The number of hydrogen-bond donors (Lipinski definition) is 0. The number of amides is 1. The van der Waals surface area contributed by atoms with Crippen LogP contribution in [0.1, 0.15) is 21.8 Å². The maximum atomic E-state index is 12.7. The molecule has 0 radical (unpaired) electrons. The topological polar surface area (TPSA) is 88.2 Å². The Labute approximate surface area is 199 Å². The molecule has 2 aromatic carbocycles. The highest BCUT2D eigenvalue weighted by atomic mass is 35.5. The van der Waals surface area contributed by atoms with E-state index in [0.29, 0.717) is 15.6 Å². The molecule has 166 valence electrons. The Hall–Kier alpha value is -3.67. The molecule has 9 heteroatoms. The molecule has 0 aliphatic carbocycles. The van der Waals surface area contributed by atoms with Crippen LogP contribution in [-0.2, 0) is 9.53 Å². The average molecular weight is 479 g/mol. The molecule has 0 aliphatic rings. The molecule has 0 aliphatic heterocycles. The fourth-order valence-corrected chi connectivity index (χ4v) is 4.64. The maximum Gasteiger partial charge on any atom is 0.348 e. The zero-order valence-electron chi connectivity index (χ0n) is 17.7. The van der Waals surface area contributed by atoms with Crippen LogP contribution in [0, 0.1) is 18.3 Å². The zero-order valence-corrected chi connectivity index (χ0v) is 19.3. The lowest BCUT2D eigenvalue weighted by molar-refractivity contribution is -0.121. The Morgan fingerprint density at radius 3 is 2.70 bits per heavy atom. The van der Waals surface area contributed by atoms with E-state index in [2.05, 4.69) is 5.10 Å². The van der Waals surface area contributed by atoms with Gasteiger partial charge in [0.05, 0.1) is 23.9 Å². The lowest BCUT2D eigenvalue weighted by Gasteiger charge is -2.21. The number of fused-ring (bicyclic) bond motifs is 1. The second-order valence-corrected chi connectivity index (χ2v) is 8.64. The minimum atomic E-state index is -0.588. The number of nitrogens with zero attached hydrogens (tertiary/aromatic N) is 4. The summed E-state index contributed by atoms with van der Waals surface area (Å²) in [6.45, 7) is 1.66. The third kappa shape index (κ3) is 4.90. The van der Waals surface area contributed by atoms with Crippen molar-refractivity contribution in [3.63, 3.8) is 0 Å². The SMILES string of the molecule is Cc1nn(-c2cccc(Cl)c2)c2sc(C(=O)OCC(=O)N(CCC#N)c3ccccc3)cc12. The third-order valence-corrected chi connectivity index (χ3v) is 6.27. The number of aromatic nitrogens is 2. The highest BCUT2D eigenvalue weighted by molar-refractivity contribution is 7.20. The molecule has 0 spiro atoms. The Kier molecular flexibility index (Phi) is 6.73. The van der Waals surface area contributed by atoms with Crippen LogP contribution in [0.5, 0.6) is 0 Å². The summed E-state index contributed by atoms with van der Waals surface area (Å²) in [4.78, 5) is 28.1. The first-order valence-electron chi connectivity index (χ1n) is 10.1. The van der Waals surface area contributed by atoms with Crippen LogP contribution < -0.4 is 4.90 Å². The molecule has 0 N–H and O–H groups in total. The van der Waals surface area contributed by atoms with Crippen molar-refractivity contribution in [1.29, 1.82) is 5.26 Å². The average Bonchev–Trinajstić information content (AvgIpc) is 3.39. The summed E-state index contributed by atoms with van der Waals surface area (Å²) < 4.78 is 7.06. The van der Waals surface area contributed by atoms with Gasteiger partial charge in [-0.15, -0.1) is 11.3 Å². The molecule has 0 fully saturated rings. The molecule has 0 unspecified atom stereocenters. The second-order valence-electron chi connectivity index (χ2n) is 7.17. The Morgan fingerprint density at radius 1 is 1.18 bits per heavy atom. The maximum absolute atomic E-state index is 12.7. The Balaban J connectivity index is 1.51. The van der Waals surface area contributed by atoms with Crippen LogP contribution >= 0.6 is 22.9 Å². The number of thiophene rings is 1. The number of benzene rings is 2. The van der Waals surface area contributed by atoms with E-state index in [0.717, 1.165) is 21.6 Å². The van der Waals surface area contributed by atoms with Gasteiger partial charge in [0.2, 0.25) is 0 Å². The van der Waals surface area contributed by atoms with Crippen LogP contribution in [0.15, 0.2) is 60.7 Å². The van der Waals surface area contributed by atoms with Gasteiger partial charge in [0, 0.05) is 22.6 Å². The fraction of sp³-hybridized carbons (Fsp3) is 0.167. The minimum absolute atomic E-state index is 0.171. The van der Waals surface area contributed by atoms with Crippen LogP contribution in [-0.4, -0.2) is 34.8 Å². The molecule has 0 bridgehead atoms. The molecule has 33 heavy (non-hydrogen) atoms. The lowest BCUT2D eigenvalue weighted by atomic mass is 10.2. The van der Waals surface area contributed by atoms with Crippen LogP contribution in [0.25, 0.3) is 15.9 Å². The van der Waals surface area contributed by atoms with Gasteiger partial charge in [-0.2, -0.15) is 10.4 Å². The number of carbonyl (C=O) groups excluding carboxylic acids is 2. The number of para-hydroxylation sites is 1. The van der Waals surface area contributed by atoms with Gasteiger partial charge in [0.1, 0.15) is 9.71 Å². The first-order chi connectivity index (χ1) is 16.0.